The molecule has 4 heteroatoms. The molecular weight excluding hydrogens is 274 g/mol. The predicted molar refractivity (Wildman–Crippen MR) is 78.7 cm³/mol. The lowest BCUT2D eigenvalue weighted by atomic mass is 9.95. The highest BCUT2D eigenvalue weighted by molar-refractivity contribution is 6.30. The van der Waals surface area contributed by atoms with Crippen molar-refractivity contribution in [2.45, 2.75) is 43.6 Å². The van der Waals surface area contributed by atoms with Crippen LogP contribution in [0, 0.1) is 5.92 Å². The van der Waals surface area contributed by atoms with Crippen LogP contribution in [-0.2, 0) is 10.2 Å². The second-order valence-electron chi connectivity index (χ2n) is 6.11. The lowest BCUT2D eigenvalue weighted by molar-refractivity contribution is -0.127. The van der Waals surface area contributed by atoms with E-state index in [0.29, 0.717) is 6.54 Å². The molecule has 0 spiro atoms. The molecule has 0 saturated heterocycles. The molecule has 0 radical (unpaired) electrons. The van der Waals surface area contributed by atoms with Gasteiger partial charge in [-0.15, -0.1) is 0 Å². The maximum absolute atomic E-state index is 12.1. The lowest BCUT2D eigenvalue weighted by Gasteiger charge is -2.20. The van der Waals surface area contributed by atoms with Gasteiger partial charge in [0.2, 0.25) is 5.91 Å². The fourth-order valence-electron chi connectivity index (χ4n) is 3.16. The van der Waals surface area contributed by atoms with Crippen LogP contribution in [0.1, 0.15) is 37.7 Å². The van der Waals surface area contributed by atoms with E-state index in [0.717, 1.165) is 37.1 Å². The first kappa shape index (κ1) is 13.9. The van der Waals surface area contributed by atoms with E-state index >= 15 is 0 Å². The number of hydrogen-bond acceptors (Lipinski definition) is 2. The van der Waals surface area contributed by atoms with Gasteiger partial charge in [-0.2, -0.15) is 0 Å². The summed E-state index contributed by atoms with van der Waals surface area (Å²) >= 11 is 5.91. The smallest absolute Gasteiger partial charge is 0.225 e. The van der Waals surface area contributed by atoms with Gasteiger partial charge in [0.25, 0.3) is 0 Å². The van der Waals surface area contributed by atoms with Gasteiger partial charge in [0.1, 0.15) is 0 Å². The molecule has 108 valence electrons. The van der Waals surface area contributed by atoms with Crippen molar-refractivity contribution in [3.63, 3.8) is 0 Å². The van der Waals surface area contributed by atoms with Crippen LogP contribution in [0.4, 0.5) is 0 Å². The number of aliphatic hydroxyl groups is 1. The minimum Gasteiger partial charge on any atom is -0.392 e. The molecule has 0 heterocycles. The summed E-state index contributed by atoms with van der Waals surface area (Å²) in [7, 11) is 0. The molecule has 3 rings (SSSR count). The van der Waals surface area contributed by atoms with Crippen molar-refractivity contribution in [2.24, 2.45) is 5.92 Å². The Kier molecular flexibility index (Phi) is 3.74. The van der Waals surface area contributed by atoms with E-state index in [-0.39, 0.29) is 17.2 Å². The van der Waals surface area contributed by atoms with Gasteiger partial charge in [0.05, 0.1) is 12.0 Å². The Morgan fingerprint density at radius 1 is 1.30 bits per heavy atom. The summed E-state index contributed by atoms with van der Waals surface area (Å²) in [5, 5.41) is 13.6. The quantitative estimate of drug-likeness (QED) is 0.896. The van der Waals surface area contributed by atoms with Crippen LogP contribution < -0.4 is 5.32 Å². The Hall–Kier alpha value is -1.06. The SMILES string of the molecule is O=C(NCC1(c2ccc(Cl)cc2)CC1)C1CCCC1O. The normalized spacial score (nSPS) is 27.3. The number of hydrogen-bond donors (Lipinski definition) is 2. The molecule has 2 aliphatic rings. The van der Waals surface area contributed by atoms with Crippen LogP contribution in [-0.4, -0.2) is 23.7 Å². The van der Waals surface area contributed by atoms with Crippen molar-refractivity contribution >= 4 is 17.5 Å². The summed E-state index contributed by atoms with van der Waals surface area (Å²) in [6.45, 7) is 0.663. The number of halogens is 1. The molecule has 1 amide bonds. The molecule has 0 aliphatic heterocycles. The second kappa shape index (κ2) is 5.38. The number of amides is 1. The van der Waals surface area contributed by atoms with Crippen molar-refractivity contribution < 1.29 is 9.90 Å². The second-order valence-corrected chi connectivity index (χ2v) is 6.55. The Morgan fingerprint density at radius 2 is 2.00 bits per heavy atom. The Labute approximate surface area is 124 Å². The highest BCUT2D eigenvalue weighted by atomic mass is 35.5. The van der Waals surface area contributed by atoms with Crippen LogP contribution in [0.5, 0.6) is 0 Å². The molecule has 2 atom stereocenters. The number of carbonyl (C=O) groups is 1. The van der Waals surface area contributed by atoms with E-state index in [2.05, 4.69) is 5.32 Å². The van der Waals surface area contributed by atoms with E-state index < -0.39 is 6.10 Å². The summed E-state index contributed by atoms with van der Waals surface area (Å²) in [6.07, 6.45) is 4.24. The number of rotatable bonds is 4. The van der Waals surface area contributed by atoms with Crippen LogP contribution in [0.2, 0.25) is 5.02 Å². The van der Waals surface area contributed by atoms with E-state index in [9.17, 15) is 9.90 Å². The van der Waals surface area contributed by atoms with Gasteiger partial charge < -0.3 is 10.4 Å². The highest BCUT2D eigenvalue weighted by Crippen LogP contribution is 2.47. The summed E-state index contributed by atoms with van der Waals surface area (Å²) in [6, 6.07) is 7.90. The number of nitrogens with one attached hydrogen (secondary N) is 1. The first-order valence-electron chi connectivity index (χ1n) is 7.33. The summed E-state index contributed by atoms with van der Waals surface area (Å²) < 4.78 is 0. The van der Waals surface area contributed by atoms with Crippen molar-refractivity contribution in [3.05, 3.63) is 34.9 Å². The van der Waals surface area contributed by atoms with Crippen LogP contribution in [0.3, 0.4) is 0 Å². The Balaban J connectivity index is 1.60. The number of aliphatic hydroxyl groups excluding tert-OH is 1. The fraction of sp³-hybridized carbons (Fsp3) is 0.562. The van der Waals surface area contributed by atoms with Crippen LogP contribution >= 0.6 is 11.6 Å². The molecular formula is C16H20ClNO2. The van der Waals surface area contributed by atoms with Crippen molar-refractivity contribution in [1.82, 2.24) is 5.32 Å². The molecule has 3 nitrogen and oxygen atoms in total. The zero-order chi connectivity index (χ0) is 14.2. The molecule has 1 aromatic carbocycles. The van der Waals surface area contributed by atoms with Gasteiger partial charge in [-0.25, -0.2) is 0 Å². The molecule has 1 aromatic rings. The molecule has 2 fully saturated rings. The van der Waals surface area contributed by atoms with Crippen LogP contribution in [0.15, 0.2) is 24.3 Å². The topological polar surface area (TPSA) is 49.3 Å². The highest BCUT2D eigenvalue weighted by Gasteiger charge is 2.45. The standard InChI is InChI=1S/C16H20ClNO2/c17-12-6-4-11(5-7-12)16(8-9-16)10-18-15(20)13-2-1-3-14(13)19/h4-7,13-14,19H,1-3,8-10H2,(H,18,20). The molecule has 2 saturated carbocycles. The zero-order valence-corrected chi connectivity index (χ0v) is 12.2. The van der Waals surface area contributed by atoms with Crippen LogP contribution in [0.25, 0.3) is 0 Å². The van der Waals surface area contributed by atoms with Crippen molar-refractivity contribution in [2.75, 3.05) is 6.54 Å². The molecule has 0 bridgehead atoms. The van der Waals surface area contributed by atoms with Crippen molar-refractivity contribution in [3.8, 4) is 0 Å². The Morgan fingerprint density at radius 3 is 2.55 bits per heavy atom. The summed E-state index contributed by atoms with van der Waals surface area (Å²) in [4.78, 5) is 12.1. The molecule has 2 N–H and O–H groups in total. The lowest BCUT2D eigenvalue weighted by Crippen LogP contribution is -2.39. The van der Waals surface area contributed by atoms with Gasteiger partial charge in [-0.3, -0.25) is 4.79 Å². The van der Waals surface area contributed by atoms with E-state index in [1.54, 1.807) is 0 Å². The maximum Gasteiger partial charge on any atom is 0.225 e. The third-order valence-electron chi connectivity index (χ3n) is 4.73. The van der Waals surface area contributed by atoms with Gasteiger partial charge in [-0.05, 0) is 49.8 Å². The van der Waals surface area contributed by atoms with Gasteiger partial charge in [0, 0.05) is 17.0 Å². The molecule has 2 unspecified atom stereocenters. The molecule has 20 heavy (non-hydrogen) atoms. The van der Waals surface area contributed by atoms with Gasteiger partial charge in [-0.1, -0.05) is 23.7 Å². The third-order valence-corrected chi connectivity index (χ3v) is 4.98. The van der Waals surface area contributed by atoms with Crippen molar-refractivity contribution in [1.29, 1.82) is 0 Å². The molecule has 0 aromatic heterocycles. The minimum atomic E-state index is -0.458. The summed E-state index contributed by atoms with van der Waals surface area (Å²) in [5.41, 5.74) is 1.33. The monoisotopic (exact) mass is 293 g/mol. The average Bonchev–Trinajstić information content (AvgIpc) is 3.11. The first-order chi connectivity index (χ1) is 9.61. The average molecular weight is 294 g/mol. The maximum atomic E-state index is 12.1. The number of carbonyl (C=O) groups excluding carboxylic acids is 1. The van der Waals surface area contributed by atoms with E-state index in [1.165, 1.54) is 5.56 Å². The first-order valence-corrected chi connectivity index (χ1v) is 7.70. The fourth-order valence-corrected chi connectivity index (χ4v) is 3.28. The molecule has 2 aliphatic carbocycles. The predicted octanol–water partition coefficient (Wildman–Crippen LogP) is 2.65. The Bertz CT molecular complexity index is 496. The zero-order valence-electron chi connectivity index (χ0n) is 11.4. The number of benzene rings is 1. The van der Waals surface area contributed by atoms with E-state index in [1.807, 2.05) is 24.3 Å². The van der Waals surface area contributed by atoms with E-state index in [4.69, 9.17) is 11.6 Å². The largest absolute Gasteiger partial charge is 0.392 e. The van der Waals surface area contributed by atoms with Gasteiger partial charge >= 0.3 is 0 Å². The van der Waals surface area contributed by atoms with Gasteiger partial charge in [0.15, 0.2) is 0 Å². The summed E-state index contributed by atoms with van der Waals surface area (Å²) in [5.74, 6) is -0.203. The third kappa shape index (κ3) is 2.70. The minimum absolute atomic E-state index is 0.00948.